The number of aromatic nitrogens is 3. The van der Waals surface area contributed by atoms with Gasteiger partial charge in [-0.15, -0.1) is 34.2 Å². The standard InChI is InChI=1S/C20H31N7O.HI/c1-4-21-20(23-14-19-25-24-15-26(19)2)22-13-18(27-10-5-6-11-27)16-8-7-9-17(12-16)28-3;/h7-9,12,15,18H,4-6,10-11,13-14H2,1-3H3,(H2,21,22,23);1H. The molecule has 1 saturated heterocycles. The van der Waals surface area contributed by atoms with E-state index in [-0.39, 0.29) is 30.0 Å². The van der Waals surface area contributed by atoms with Gasteiger partial charge >= 0.3 is 0 Å². The van der Waals surface area contributed by atoms with Crippen LogP contribution >= 0.6 is 24.0 Å². The fourth-order valence-electron chi connectivity index (χ4n) is 3.49. The summed E-state index contributed by atoms with van der Waals surface area (Å²) in [4.78, 5) is 7.21. The molecule has 0 spiro atoms. The van der Waals surface area contributed by atoms with Gasteiger partial charge in [-0.3, -0.25) is 4.90 Å². The highest BCUT2D eigenvalue weighted by Crippen LogP contribution is 2.27. The molecule has 8 nitrogen and oxygen atoms in total. The zero-order valence-corrected chi connectivity index (χ0v) is 19.8. The van der Waals surface area contributed by atoms with Crippen molar-refractivity contribution in [3.8, 4) is 5.75 Å². The lowest BCUT2D eigenvalue weighted by atomic mass is 10.1. The Morgan fingerprint density at radius 1 is 1.28 bits per heavy atom. The summed E-state index contributed by atoms with van der Waals surface area (Å²) in [5.41, 5.74) is 1.26. The third kappa shape index (κ3) is 6.56. The molecule has 0 aliphatic carbocycles. The second-order valence-electron chi connectivity index (χ2n) is 6.97. The Balaban J connectivity index is 0.00000300. The first-order chi connectivity index (χ1) is 13.7. The molecule has 1 unspecified atom stereocenters. The van der Waals surface area contributed by atoms with Gasteiger partial charge in [0.25, 0.3) is 0 Å². The van der Waals surface area contributed by atoms with Crippen LogP contribution in [0.4, 0.5) is 0 Å². The lowest BCUT2D eigenvalue weighted by Gasteiger charge is -2.29. The average molecular weight is 513 g/mol. The number of nitrogens with one attached hydrogen (secondary N) is 2. The molecule has 1 aromatic heterocycles. The Morgan fingerprint density at radius 3 is 2.72 bits per heavy atom. The van der Waals surface area contributed by atoms with Gasteiger partial charge in [0.05, 0.1) is 13.2 Å². The van der Waals surface area contributed by atoms with E-state index in [0.717, 1.165) is 43.7 Å². The third-order valence-electron chi connectivity index (χ3n) is 5.05. The monoisotopic (exact) mass is 513 g/mol. The molecule has 0 amide bonds. The zero-order chi connectivity index (χ0) is 19.8. The van der Waals surface area contributed by atoms with Crippen LogP contribution < -0.4 is 15.4 Å². The van der Waals surface area contributed by atoms with E-state index in [0.29, 0.717) is 6.54 Å². The largest absolute Gasteiger partial charge is 0.497 e. The Bertz CT molecular complexity index is 774. The third-order valence-corrected chi connectivity index (χ3v) is 5.05. The summed E-state index contributed by atoms with van der Waals surface area (Å²) in [6, 6.07) is 8.64. The Hall–Kier alpha value is -1.88. The van der Waals surface area contributed by atoms with E-state index in [1.165, 1.54) is 18.4 Å². The van der Waals surface area contributed by atoms with Gasteiger partial charge < -0.3 is 19.9 Å². The molecule has 1 atom stereocenters. The van der Waals surface area contributed by atoms with Crippen LogP contribution in [0.15, 0.2) is 35.6 Å². The second-order valence-corrected chi connectivity index (χ2v) is 6.97. The van der Waals surface area contributed by atoms with E-state index >= 15 is 0 Å². The first-order valence-corrected chi connectivity index (χ1v) is 9.94. The lowest BCUT2D eigenvalue weighted by Crippen LogP contribution is -2.42. The molecule has 29 heavy (non-hydrogen) atoms. The smallest absolute Gasteiger partial charge is 0.191 e. The van der Waals surface area contributed by atoms with Gasteiger partial charge in [-0.2, -0.15) is 0 Å². The molecule has 9 heteroatoms. The number of ether oxygens (including phenoxy) is 1. The number of benzene rings is 1. The van der Waals surface area contributed by atoms with E-state index in [1.54, 1.807) is 13.4 Å². The molecule has 1 fully saturated rings. The number of hydrogen-bond donors (Lipinski definition) is 2. The molecule has 0 bridgehead atoms. The van der Waals surface area contributed by atoms with Crippen molar-refractivity contribution in [1.82, 2.24) is 30.3 Å². The average Bonchev–Trinajstić information content (AvgIpc) is 3.38. The number of guanidine groups is 1. The highest BCUT2D eigenvalue weighted by atomic mass is 127. The van der Waals surface area contributed by atoms with Gasteiger partial charge in [0.2, 0.25) is 0 Å². The molecule has 2 N–H and O–H groups in total. The number of hydrogen-bond acceptors (Lipinski definition) is 5. The number of aliphatic imine (C=N–C) groups is 1. The van der Waals surface area contributed by atoms with E-state index in [2.05, 4.69) is 55.8 Å². The van der Waals surface area contributed by atoms with Crippen LogP contribution in [0.25, 0.3) is 0 Å². The molecule has 0 saturated carbocycles. The molecule has 1 aromatic carbocycles. The van der Waals surface area contributed by atoms with Crippen molar-refractivity contribution in [3.63, 3.8) is 0 Å². The van der Waals surface area contributed by atoms with Crippen molar-refractivity contribution in [3.05, 3.63) is 42.0 Å². The molecule has 1 aliphatic heterocycles. The number of rotatable bonds is 8. The van der Waals surface area contributed by atoms with Crippen LogP contribution in [0.2, 0.25) is 0 Å². The van der Waals surface area contributed by atoms with Crippen LogP contribution in [0.3, 0.4) is 0 Å². The minimum absolute atomic E-state index is 0. The number of halogens is 1. The quantitative estimate of drug-likeness (QED) is 0.321. The fraction of sp³-hybridized carbons (Fsp3) is 0.550. The Morgan fingerprint density at radius 2 is 2.07 bits per heavy atom. The normalized spacial score (nSPS) is 15.6. The highest BCUT2D eigenvalue weighted by molar-refractivity contribution is 14.0. The number of nitrogens with zero attached hydrogens (tertiary/aromatic N) is 5. The van der Waals surface area contributed by atoms with E-state index < -0.39 is 0 Å². The number of likely N-dealkylation sites (tertiary alicyclic amines) is 1. The van der Waals surface area contributed by atoms with Gasteiger partial charge in [0.15, 0.2) is 11.8 Å². The minimum atomic E-state index is 0. The van der Waals surface area contributed by atoms with Crippen molar-refractivity contribution in [2.24, 2.45) is 12.0 Å². The topological polar surface area (TPSA) is 79.6 Å². The van der Waals surface area contributed by atoms with Gasteiger partial charge in [0.1, 0.15) is 18.6 Å². The summed E-state index contributed by atoms with van der Waals surface area (Å²) in [6.45, 7) is 6.38. The summed E-state index contributed by atoms with van der Waals surface area (Å²) in [5.74, 6) is 2.52. The summed E-state index contributed by atoms with van der Waals surface area (Å²) < 4.78 is 7.32. The van der Waals surface area contributed by atoms with Crippen LogP contribution in [-0.4, -0.2) is 58.9 Å². The summed E-state index contributed by atoms with van der Waals surface area (Å²) >= 11 is 0. The number of aryl methyl sites for hydroxylation is 1. The zero-order valence-electron chi connectivity index (χ0n) is 17.5. The number of methoxy groups -OCH3 is 1. The van der Waals surface area contributed by atoms with Crippen molar-refractivity contribution in [1.29, 1.82) is 0 Å². The predicted octanol–water partition coefficient (Wildman–Crippen LogP) is 2.33. The molecule has 1 aliphatic rings. The predicted molar refractivity (Wildman–Crippen MR) is 126 cm³/mol. The van der Waals surface area contributed by atoms with Crippen LogP contribution in [0, 0.1) is 0 Å². The lowest BCUT2D eigenvalue weighted by molar-refractivity contribution is 0.245. The van der Waals surface area contributed by atoms with E-state index in [4.69, 9.17) is 4.74 Å². The van der Waals surface area contributed by atoms with Crippen molar-refractivity contribution < 1.29 is 4.74 Å². The van der Waals surface area contributed by atoms with E-state index in [9.17, 15) is 0 Å². The van der Waals surface area contributed by atoms with Crippen LogP contribution in [-0.2, 0) is 13.6 Å². The maximum Gasteiger partial charge on any atom is 0.191 e. The van der Waals surface area contributed by atoms with Crippen molar-refractivity contribution >= 4 is 29.9 Å². The van der Waals surface area contributed by atoms with Gasteiger partial charge in [-0.1, -0.05) is 12.1 Å². The molecular weight excluding hydrogens is 481 g/mol. The molecule has 160 valence electrons. The molecule has 2 aromatic rings. The first-order valence-electron chi connectivity index (χ1n) is 9.94. The first kappa shape index (κ1) is 23.4. The maximum atomic E-state index is 5.43. The summed E-state index contributed by atoms with van der Waals surface area (Å²) in [7, 11) is 3.64. The van der Waals surface area contributed by atoms with Crippen molar-refractivity contribution in [2.75, 3.05) is 33.3 Å². The molecule has 0 radical (unpaired) electrons. The minimum Gasteiger partial charge on any atom is -0.497 e. The molecule has 2 heterocycles. The fourth-order valence-corrected chi connectivity index (χ4v) is 3.49. The SMILES string of the molecule is CCNC(=NCc1nncn1C)NCC(c1cccc(OC)c1)N1CCCC1.I. The van der Waals surface area contributed by atoms with Crippen molar-refractivity contribution in [2.45, 2.75) is 32.4 Å². The van der Waals surface area contributed by atoms with Gasteiger partial charge in [0, 0.05) is 20.1 Å². The molecular formula is C20H32IN7O. The van der Waals surface area contributed by atoms with Gasteiger partial charge in [-0.05, 0) is 50.6 Å². The maximum absolute atomic E-state index is 5.43. The highest BCUT2D eigenvalue weighted by Gasteiger charge is 2.24. The summed E-state index contributed by atoms with van der Waals surface area (Å²) in [6.07, 6.45) is 4.19. The second kappa shape index (κ2) is 12.0. The van der Waals surface area contributed by atoms with Crippen LogP contribution in [0.1, 0.15) is 37.2 Å². The van der Waals surface area contributed by atoms with Gasteiger partial charge in [-0.25, -0.2) is 4.99 Å². The summed E-state index contributed by atoms with van der Waals surface area (Å²) in [5, 5.41) is 14.9. The van der Waals surface area contributed by atoms with Crippen LogP contribution in [0.5, 0.6) is 5.75 Å². The Kier molecular flexibility index (Phi) is 9.65. The van der Waals surface area contributed by atoms with E-state index in [1.807, 2.05) is 17.7 Å². The Labute approximate surface area is 190 Å². The molecule has 3 rings (SSSR count).